The summed E-state index contributed by atoms with van der Waals surface area (Å²) >= 11 is 1.36. The quantitative estimate of drug-likeness (QED) is 0.516. The maximum atomic E-state index is 13.0. The van der Waals surface area contributed by atoms with E-state index >= 15 is 0 Å². The first kappa shape index (κ1) is 18.5. The second kappa shape index (κ2) is 8.39. The standard InChI is InChI=1S/C21H16FN3OS/c1-14(15-5-3-2-4-6-15)24-20(26)17(12-23)11-19-13-27-21(25-19)16-7-9-18(22)10-8-16/h2-11,13-14H,1H3,(H,24,26)/b17-11+. The average Bonchev–Trinajstić information content (AvgIpc) is 3.16. The van der Waals surface area contributed by atoms with Gasteiger partial charge < -0.3 is 5.32 Å². The van der Waals surface area contributed by atoms with Crippen LogP contribution < -0.4 is 5.32 Å². The van der Waals surface area contributed by atoms with Gasteiger partial charge >= 0.3 is 0 Å². The Morgan fingerprint density at radius 2 is 1.93 bits per heavy atom. The molecule has 1 atom stereocenters. The van der Waals surface area contributed by atoms with Gasteiger partial charge in [0.25, 0.3) is 5.91 Å². The molecule has 1 heterocycles. The Bertz CT molecular complexity index is 1000. The summed E-state index contributed by atoms with van der Waals surface area (Å²) in [7, 11) is 0. The molecule has 0 saturated carbocycles. The molecule has 0 spiro atoms. The molecule has 3 rings (SSSR count). The summed E-state index contributed by atoms with van der Waals surface area (Å²) in [5, 5.41) is 14.6. The van der Waals surface area contributed by atoms with Gasteiger partial charge in [0.2, 0.25) is 0 Å². The zero-order valence-corrected chi connectivity index (χ0v) is 15.3. The van der Waals surface area contributed by atoms with E-state index in [2.05, 4.69) is 10.3 Å². The number of hydrogen-bond acceptors (Lipinski definition) is 4. The van der Waals surface area contributed by atoms with Crippen molar-refractivity contribution in [1.82, 2.24) is 10.3 Å². The molecule has 6 heteroatoms. The fraction of sp³-hybridized carbons (Fsp3) is 0.0952. The van der Waals surface area contributed by atoms with Gasteiger partial charge in [-0.05, 0) is 42.8 Å². The van der Waals surface area contributed by atoms with Crippen molar-refractivity contribution in [3.8, 4) is 16.6 Å². The summed E-state index contributed by atoms with van der Waals surface area (Å²) in [5.41, 5.74) is 2.23. The number of nitrogens with zero attached hydrogens (tertiary/aromatic N) is 2. The number of halogens is 1. The lowest BCUT2D eigenvalue weighted by Crippen LogP contribution is -2.27. The minimum absolute atomic E-state index is 0.0197. The van der Waals surface area contributed by atoms with Gasteiger partial charge in [0.1, 0.15) is 22.5 Å². The average molecular weight is 377 g/mol. The van der Waals surface area contributed by atoms with Crippen molar-refractivity contribution < 1.29 is 9.18 Å². The summed E-state index contributed by atoms with van der Waals surface area (Å²) in [6.07, 6.45) is 1.45. The smallest absolute Gasteiger partial charge is 0.262 e. The number of rotatable bonds is 5. The van der Waals surface area contributed by atoms with Crippen molar-refractivity contribution in [3.05, 3.63) is 82.6 Å². The summed E-state index contributed by atoms with van der Waals surface area (Å²) in [4.78, 5) is 16.8. The van der Waals surface area contributed by atoms with Crippen LogP contribution in [0.15, 0.2) is 65.6 Å². The van der Waals surface area contributed by atoms with Crippen LogP contribution in [0.5, 0.6) is 0 Å². The second-order valence-corrected chi connectivity index (χ2v) is 6.72. The molecular weight excluding hydrogens is 361 g/mol. The monoisotopic (exact) mass is 377 g/mol. The lowest BCUT2D eigenvalue weighted by molar-refractivity contribution is -0.117. The molecule has 4 nitrogen and oxygen atoms in total. The molecule has 0 aliphatic rings. The van der Waals surface area contributed by atoms with Crippen molar-refractivity contribution in [3.63, 3.8) is 0 Å². The third-order valence-electron chi connectivity index (χ3n) is 3.92. The highest BCUT2D eigenvalue weighted by Gasteiger charge is 2.14. The van der Waals surface area contributed by atoms with Gasteiger partial charge in [0, 0.05) is 10.9 Å². The molecule has 1 N–H and O–H groups in total. The first-order chi connectivity index (χ1) is 13.1. The van der Waals surface area contributed by atoms with E-state index in [1.165, 1.54) is 29.5 Å². The van der Waals surface area contributed by atoms with E-state index in [9.17, 15) is 14.4 Å². The van der Waals surface area contributed by atoms with Gasteiger partial charge in [0.05, 0.1) is 11.7 Å². The van der Waals surface area contributed by atoms with Crippen LogP contribution in [0.1, 0.15) is 24.2 Å². The molecule has 134 valence electrons. The predicted molar refractivity (Wildman–Crippen MR) is 104 cm³/mol. The van der Waals surface area contributed by atoms with Crippen molar-refractivity contribution in [2.75, 3.05) is 0 Å². The van der Waals surface area contributed by atoms with Crippen LogP contribution >= 0.6 is 11.3 Å². The number of aromatic nitrogens is 1. The number of nitrogens with one attached hydrogen (secondary N) is 1. The van der Waals surface area contributed by atoms with Gasteiger partial charge in [-0.25, -0.2) is 9.37 Å². The van der Waals surface area contributed by atoms with E-state index in [1.807, 2.05) is 43.3 Å². The zero-order valence-electron chi connectivity index (χ0n) is 14.5. The summed E-state index contributed by atoms with van der Waals surface area (Å²) in [6, 6.07) is 17.2. The van der Waals surface area contributed by atoms with E-state index in [0.717, 1.165) is 11.1 Å². The van der Waals surface area contributed by atoms with Crippen molar-refractivity contribution in [1.29, 1.82) is 5.26 Å². The van der Waals surface area contributed by atoms with Crippen molar-refractivity contribution in [2.45, 2.75) is 13.0 Å². The van der Waals surface area contributed by atoms with E-state index in [4.69, 9.17) is 0 Å². The predicted octanol–water partition coefficient (Wildman–Crippen LogP) is 4.73. The first-order valence-electron chi connectivity index (χ1n) is 8.26. The topological polar surface area (TPSA) is 65.8 Å². The molecule has 1 unspecified atom stereocenters. The van der Waals surface area contributed by atoms with Crippen molar-refractivity contribution >= 4 is 23.3 Å². The Labute approximate surface area is 160 Å². The highest BCUT2D eigenvalue weighted by Crippen LogP contribution is 2.25. The molecule has 0 aliphatic carbocycles. The number of thiazole rings is 1. The maximum absolute atomic E-state index is 13.0. The van der Waals surface area contributed by atoms with Crippen LogP contribution in [-0.2, 0) is 4.79 Å². The Morgan fingerprint density at radius 3 is 2.59 bits per heavy atom. The number of nitriles is 1. The molecule has 1 amide bonds. The van der Waals surface area contributed by atoms with Gasteiger partial charge in [-0.15, -0.1) is 11.3 Å². The van der Waals surface area contributed by atoms with Gasteiger partial charge in [0.15, 0.2) is 0 Å². The zero-order chi connectivity index (χ0) is 19.2. The number of benzene rings is 2. The third-order valence-corrected chi connectivity index (χ3v) is 4.83. The number of hydrogen-bond donors (Lipinski definition) is 1. The Kier molecular flexibility index (Phi) is 5.74. The van der Waals surface area contributed by atoms with Gasteiger partial charge in [-0.3, -0.25) is 4.79 Å². The van der Waals surface area contributed by atoms with E-state index < -0.39 is 5.91 Å². The minimum atomic E-state index is -0.454. The maximum Gasteiger partial charge on any atom is 0.262 e. The van der Waals surface area contributed by atoms with Gasteiger partial charge in [-0.2, -0.15) is 5.26 Å². The Hall–Kier alpha value is -3.30. The molecule has 0 saturated heterocycles. The highest BCUT2D eigenvalue weighted by atomic mass is 32.1. The van der Waals surface area contributed by atoms with E-state index in [-0.39, 0.29) is 17.4 Å². The van der Waals surface area contributed by atoms with Gasteiger partial charge in [-0.1, -0.05) is 30.3 Å². The van der Waals surface area contributed by atoms with Crippen molar-refractivity contribution in [2.24, 2.45) is 0 Å². The summed E-state index contributed by atoms with van der Waals surface area (Å²) < 4.78 is 13.0. The summed E-state index contributed by atoms with van der Waals surface area (Å²) in [6.45, 7) is 1.86. The number of carbonyl (C=O) groups is 1. The Morgan fingerprint density at radius 1 is 1.22 bits per heavy atom. The molecule has 0 aliphatic heterocycles. The fourth-order valence-corrected chi connectivity index (χ4v) is 3.26. The lowest BCUT2D eigenvalue weighted by Gasteiger charge is -2.13. The van der Waals surface area contributed by atoms with Crippen LogP contribution in [0, 0.1) is 17.1 Å². The minimum Gasteiger partial charge on any atom is -0.345 e. The molecule has 3 aromatic rings. The Balaban J connectivity index is 1.75. The molecule has 27 heavy (non-hydrogen) atoms. The third kappa shape index (κ3) is 4.66. The van der Waals surface area contributed by atoms with E-state index in [0.29, 0.717) is 10.7 Å². The molecule has 0 radical (unpaired) electrons. The second-order valence-electron chi connectivity index (χ2n) is 5.86. The fourth-order valence-electron chi connectivity index (χ4n) is 2.47. The molecule has 1 aromatic heterocycles. The van der Waals surface area contributed by atoms with Crippen LogP contribution in [0.25, 0.3) is 16.6 Å². The normalized spacial score (nSPS) is 12.3. The molecule has 0 bridgehead atoms. The molecular formula is C21H16FN3OS. The summed E-state index contributed by atoms with van der Waals surface area (Å²) in [5.74, 6) is -0.767. The largest absolute Gasteiger partial charge is 0.345 e. The van der Waals surface area contributed by atoms with E-state index in [1.54, 1.807) is 17.5 Å². The lowest BCUT2D eigenvalue weighted by atomic mass is 10.1. The first-order valence-corrected chi connectivity index (χ1v) is 9.14. The molecule has 0 fully saturated rings. The number of carbonyl (C=O) groups excluding carboxylic acids is 1. The van der Waals surface area contributed by atoms with Crippen LogP contribution in [0.4, 0.5) is 4.39 Å². The number of amides is 1. The molecule has 2 aromatic carbocycles. The SMILES string of the molecule is CC(NC(=O)/C(C#N)=C/c1csc(-c2ccc(F)cc2)n1)c1ccccc1. The van der Waals surface area contributed by atoms with Crippen LogP contribution in [0.3, 0.4) is 0 Å². The highest BCUT2D eigenvalue weighted by molar-refractivity contribution is 7.13. The van der Waals surface area contributed by atoms with Crippen LogP contribution in [0.2, 0.25) is 0 Å². The van der Waals surface area contributed by atoms with Crippen LogP contribution in [-0.4, -0.2) is 10.9 Å².